The predicted molar refractivity (Wildman–Crippen MR) is 78.9 cm³/mol. The molecule has 0 radical (unpaired) electrons. The van der Waals surface area contributed by atoms with E-state index in [-0.39, 0.29) is 16.9 Å². The molecular weight excluding hydrogens is 261 g/mol. The van der Waals surface area contributed by atoms with Gasteiger partial charge in [0, 0.05) is 6.04 Å². The fourth-order valence-electron chi connectivity index (χ4n) is 2.78. The second-order valence-electron chi connectivity index (χ2n) is 5.93. The minimum atomic E-state index is -0.334. The molecule has 1 aliphatic carbocycles. The molecule has 1 unspecified atom stereocenters. The van der Waals surface area contributed by atoms with Crippen molar-refractivity contribution in [2.45, 2.75) is 45.6 Å². The molecule has 0 saturated heterocycles. The summed E-state index contributed by atoms with van der Waals surface area (Å²) in [6.07, 6.45) is 5.32. The third-order valence-electron chi connectivity index (χ3n) is 4.29. The number of hydrogen-bond acceptors (Lipinski definition) is 1. The van der Waals surface area contributed by atoms with Crippen molar-refractivity contribution in [2.75, 3.05) is 6.54 Å². The molecule has 0 aliphatic heterocycles. The van der Waals surface area contributed by atoms with Crippen LogP contribution < -0.4 is 5.32 Å². The molecule has 2 rings (SSSR count). The van der Waals surface area contributed by atoms with E-state index in [2.05, 4.69) is 19.2 Å². The van der Waals surface area contributed by atoms with Crippen LogP contribution in [0.4, 0.5) is 4.39 Å². The molecule has 3 heteroatoms. The zero-order valence-corrected chi connectivity index (χ0v) is 12.5. The number of benzene rings is 1. The fraction of sp³-hybridized carbons (Fsp3) is 0.625. The Morgan fingerprint density at radius 3 is 2.63 bits per heavy atom. The van der Waals surface area contributed by atoms with Gasteiger partial charge in [-0.2, -0.15) is 0 Å². The van der Waals surface area contributed by atoms with E-state index in [1.54, 1.807) is 6.07 Å². The Bertz CT molecular complexity index is 413. The van der Waals surface area contributed by atoms with Crippen molar-refractivity contribution >= 4 is 11.6 Å². The van der Waals surface area contributed by atoms with E-state index >= 15 is 0 Å². The van der Waals surface area contributed by atoms with Crippen LogP contribution in [0.2, 0.25) is 5.02 Å². The smallest absolute Gasteiger partial charge is 0.142 e. The summed E-state index contributed by atoms with van der Waals surface area (Å²) in [5, 5.41) is 3.71. The standard InChI is InChI=1S/C16H23ClFN/c1-11-3-5-13(6-4-11)10-19-12(2)14-7-8-15(17)16(18)9-14/h7-9,11-13,19H,3-6,10H2,1-2H3. The molecule has 1 fully saturated rings. The lowest BCUT2D eigenvalue weighted by atomic mass is 9.83. The van der Waals surface area contributed by atoms with Crippen molar-refractivity contribution in [1.29, 1.82) is 0 Å². The van der Waals surface area contributed by atoms with Gasteiger partial charge in [-0.15, -0.1) is 0 Å². The van der Waals surface area contributed by atoms with Gasteiger partial charge >= 0.3 is 0 Å². The monoisotopic (exact) mass is 283 g/mol. The first-order valence-electron chi connectivity index (χ1n) is 7.24. The highest BCUT2D eigenvalue weighted by molar-refractivity contribution is 6.30. The van der Waals surface area contributed by atoms with E-state index in [0.717, 1.165) is 23.9 Å². The average Bonchev–Trinajstić information content (AvgIpc) is 2.41. The quantitative estimate of drug-likeness (QED) is 0.824. The lowest BCUT2D eigenvalue weighted by Gasteiger charge is -2.27. The average molecular weight is 284 g/mol. The van der Waals surface area contributed by atoms with Crippen LogP contribution >= 0.6 is 11.6 Å². The molecule has 106 valence electrons. The maximum absolute atomic E-state index is 13.4. The van der Waals surface area contributed by atoms with Gasteiger partial charge in [-0.1, -0.05) is 37.4 Å². The highest BCUT2D eigenvalue weighted by Crippen LogP contribution is 2.28. The Morgan fingerprint density at radius 1 is 1.32 bits per heavy atom. The van der Waals surface area contributed by atoms with Crippen LogP contribution in [0.5, 0.6) is 0 Å². The molecule has 1 nitrogen and oxygen atoms in total. The summed E-state index contributed by atoms with van der Waals surface area (Å²) in [6, 6.07) is 5.23. The van der Waals surface area contributed by atoms with Gasteiger partial charge in [-0.25, -0.2) is 4.39 Å². The Balaban J connectivity index is 1.83. The Labute approximate surface area is 120 Å². The van der Waals surface area contributed by atoms with E-state index in [9.17, 15) is 4.39 Å². The number of rotatable bonds is 4. The third-order valence-corrected chi connectivity index (χ3v) is 4.60. The van der Waals surface area contributed by atoms with Gasteiger partial charge in [-0.3, -0.25) is 0 Å². The normalized spacial score (nSPS) is 25.3. The third kappa shape index (κ3) is 4.19. The summed E-state index contributed by atoms with van der Waals surface area (Å²) in [7, 11) is 0. The molecule has 1 N–H and O–H groups in total. The second-order valence-corrected chi connectivity index (χ2v) is 6.34. The molecule has 0 aromatic heterocycles. The second kappa shape index (κ2) is 6.71. The summed E-state index contributed by atoms with van der Waals surface area (Å²) >= 11 is 5.70. The Kier molecular flexibility index (Phi) is 5.23. The Morgan fingerprint density at radius 2 is 2.00 bits per heavy atom. The van der Waals surface area contributed by atoms with Crippen molar-refractivity contribution in [3.8, 4) is 0 Å². The van der Waals surface area contributed by atoms with Crippen molar-refractivity contribution in [3.05, 3.63) is 34.6 Å². The van der Waals surface area contributed by atoms with Crippen LogP contribution in [0.1, 0.15) is 51.1 Å². The first-order valence-corrected chi connectivity index (χ1v) is 7.62. The first kappa shape index (κ1) is 14.8. The summed E-state index contributed by atoms with van der Waals surface area (Å²) < 4.78 is 13.4. The van der Waals surface area contributed by atoms with Crippen molar-refractivity contribution < 1.29 is 4.39 Å². The lowest BCUT2D eigenvalue weighted by Crippen LogP contribution is -2.28. The molecular formula is C16H23ClFN. The minimum absolute atomic E-state index is 0.172. The molecule has 0 heterocycles. The summed E-state index contributed by atoms with van der Waals surface area (Å²) in [5.74, 6) is 1.33. The summed E-state index contributed by atoms with van der Waals surface area (Å²) in [6.45, 7) is 5.44. The van der Waals surface area contributed by atoms with E-state index in [1.165, 1.54) is 31.7 Å². The van der Waals surface area contributed by atoms with Gasteiger partial charge in [0.25, 0.3) is 0 Å². The van der Waals surface area contributed by atoms with Gasteiger partial charge in [0.15, 0.2) is 0 Å². The fourth-order valence-corrected chi connectivity index (χ4v) is 2.89. The van der Waals surface area contributed by atoms with Gasteiger partial charge in [0.2, 0.25) is 0 Å². The van der Waals surface area contributed by atoms with Crippen LogP contribution in [-0.2, 0) is 0 Å². The molecule has 1 saturated carbocycles. The van der Waals surface area contributed by atoms with E-state index < -0.39 is 0 Å². The van der Waals surface area contributed by atoms with Crippen molar-refractivity contribution in [3.63, 3.8) is 0 Å². The highest BCUT2D eigenvalue weighted by Gasteiger charge is 2.18. The van der Waals surface area contributed by atoms with E-state index in [0.29, 0.717) is 0 Å². The van der Waals surface area contributed by atoms with Gasteiger partial charge in [-0.05, 0) is 55.8 Å². The molecule has 19 heavy (non-hydrogen) atoms. The van der Waals surface area contributed by atoms with E-state index in [4.69, 9.17) is 11.6 Å². The summed E-state index contributed by atoms with van der Waals surface area (Å²) in [5.41, 5.74) is 0.964. The predicted octanol–water partition coefficient (Wildman–Crippen LogP) is 4.96. The number of nitrogens with one attached hydrogen (secondary N) is 1. The van der Waals surface area contributed by atoms with Crippen molar-refractivity contribution in [2.24, 2.45) is 11.8 Å². The van der Waals surface area contributed by atoms with Gasteiger partial charge < -0.3 is 5.32 Å². The zero-order valence-electron chi connectivity index (χ0n) is 11.8. The van der Waals surface area contributed by atoms with Crippen LogP contribution in [0.15, 0.2) is 18.2 Å². The number of hydrogen-bond donors (Lipinski definition) is 1. The SMILES string of the molecule is CC1CCC(CNC(C)c2ccc(Cl)c(F)c2)CC1. The highest BCUT2D eigenvalue weighted by atomic mass is 35.5. The maximum Gasteiger partial charge on any atom is 0.142 e. The molecule has 0 spiro atoms. The van der Waals surface area contributed by atoms with Crippen LogP contribution in [0.3, 0.4) is 0 Å². The minimum Gasteiger partial charge on any atom is -0.310 e. The molecule has 0 amide bonds. The maximum atomic E-state index is 13.4. The molecule has 1 aliphatic rings. The number of halogens is 2. The first-order chi connectivity index (χ1) is 9.06. The molecule has 1 aromatic rings. The molecule has 1 aromatic carbocycles. The molecule has 0 bridgehead atoms. The van der Waals surface area contributed by atoms with Gasteiger partial charge in [0.1, 0.15) is 5.82 Å². The van der Waals surface area contributed by atoms with Crippen LogP contribution in [0, 0.1) is 17.7 Å². The topological polar surface area (TPSA) is 12.0 Å². The van der Waals surface area contributed by atoms with E-state index in [1.807, 2.05) is 6.07 Å². The van der Waals surface area contributed by atoms with Crippen LogP contribution in [-0.4, -0.2) is 6.54 Å². The lowest BCUT2D eigenvalue weighted by molar-refractivity contribution is 0.276. The van der Waals surface area contributed by atoms with Crippen LogP contribution in [0.25, 0.3) is 0 Å². The Hall–Kier alpha value is -0.600. The summed E-state index contributed by atoms with van der Waals surface area (Å²) in [4.78, 5) is 0. The molecule has 1 atom stereocenters. The van der Waals surface area contributed by atoms with Crippen molar-refractivity contribution in [1.82, 2.24) is 5.32 Å². The largest absolute Gasteiger partial charge is 0.310 e. The van der Waals surface area contributed by atoms with Gasteiger partial charge in [0.05, 0.1) is 5.02 Å². The zero-order chi connectivity index (χ0) is 13.8.